The molecule has 0 spiro atoms. The standard InChI is InChI=1S/C8H4F6N4O2/c9-7(10,11)3-1-2(4-17-6(19)20-18-4)15-5(16-3)8(12,13)14/h1,5,16H,(H,17,18,19). The highest BCUT2D eigenvalue weighted by Crippen LogP contribution is 2.31. The molecule has 0 radical (unpaired) electrons. The molecular formula is C8H4F6N4O2. The van der Waals surface area contributed by atoms with E-state index in [9.17, 15) is 31.1 Å². The zero-order chi connectivity index (χ0) is 15.1. The minimum absolute atomic E-state index is 0.288. The fourth-order valence-corrected chi connectivity index (χ4v) is 1.32. The lowest BCUT2D eigenvalue weighted by Crippen LogP contribution is -2.46. The van der Waals surface area contributed by atoms with Crippen LogP contribution >= 0.6 is 0 Å². The van der Waals surface area contributed by atoms with Gasteiger partial charge in [-0.2, -0.15) is 26.3 Å². The Balaban J connectivity index is 2.48. The molecule has 12 heteroatoms. The van der Waals surface area contributed by atoms with Crippen LogP contribution in [0.2, 0.25) is 0 Å². The van der Waals surface area contributed by atoms with Gasteiger partial charge in [0.25, 0.3) is 0 Å². The number of aromatic amines is 1. The van der Waals surface area contributed by atoms with E-state index in [1.807, 2.05) is 4.98 Å². The van der Waals surface area contributed by atoms with Crippen LogP contribution in [0.15, 0.2) is 26.1 Å². The van der Waals surface area contributed by atoms with Crippen LogP contribution in [0.4, 0.5) is 26.3 Å². The van der Waals surface area contributed by atoms with E-state index in [-0.39, 0.29) is 6.08 Å². The molecule has 6 nitrogen and oxygen atoms in total. The molecule has 1 unspecified atom stereocenters. The molecule has 0 aliphatic carbocycles. The first-order chi connectivity index (χ1) is 9.07. The van der Waals surface area contributed by atoms with Crippen molar-refractivity contribution in [3.63, 3.8) is 0 Å². The van der Waals surface area contributed by atoms with E-state index in [1.54, 1.807) is 0 Å². The summed E-state index contributed by atoms with van der Waals surface area (Å²) in [5, 5.41) is 4.20. The minimum Gasteiger partial charge on any atom is -0.352 e. The van der Waals surface area contributed by atoms with E-state index in [1.165, 1.54) is 5.32 Å². The average molecular weight is 302 g/mol. The van der Waals surface area contributed by atoms with Gasteiger partial charge in [0.05, 0.1) is 0 Å². The first kappa shape index (κ1) is 14.1. The maximum Gasteiger partial charge on any atom is 0.439 e. The number of allylic oxidation sites excluding steroid dienone is 2. The minimum atomic E-state index is -5.06. The summed E-state index contributed by atoms with van der Waals surface area (Å²) in [5.41, 5.74) is -2.46. The van der Waals surface area contributed by atoms with Crippen molar-refractivity contribution >= 4 is 5.71 Å². The molecule has 20 heavy (non-hydrogen) atoms. The van der Waals surface area contributed by atoms with Crippen molar-refractivity contribution in [2.24, 2.45) is 4.99 Å². The summed E-state index contributed by atoms with van der Waals surface area (Å²) >= 11 is 0. The Hall–Kier alpha value is -2.27. The molecular weight excluding hydrogens is 298 g/mol. The van der Waals surface area contributed by atoms with Gasteiger partial charge < -0.3 is 5.32 Å². The second kappa shape index (κ2) is 4.38. The zero-order valence-corrected chi connectivity index (χ0v) is 9.13. The van der Waals surface area contributed by atoms with Crippen LogP contribution in [0.25, 0.3) is 0 Å². The Labute approximate surface area is 105 Å². The van der Waals surface area contributed by atoms with Gasteiger partial charge >= 0.3 is 18.1 Å². The molecule has 2 heterocycles. The third-order valence-electron chi connectivity index (χ3n) is 2.14. The summed E-state index contributed by atoms with van der Waals surface area (Å²) < 4.78 is 79.1. The van der Waals surface area contributed by atoms with E-state index < -0.39 is 41.5 Å². The van der Waals surface area contributed by atoms with E-state index in [0.29, 0.717) is 0 Å². The Morgan fingerprint density at radius 1 is 1.20 bits per heavy atom. The molecule has 1 aliphatic rings. The predicted molar refractivity (Wildman–Crippen MR) is 50.8 cm³/mol. The van der Waals surface area contributed by atoms with Crippen LogP contribution < -0.4 is 11.1 Å². The molecule has 1 aliphatic heterocycles. The zero-order valence-electron chi connectivity index (χ0n) is 9.13. The number of rotatable bonds is 1. The maximum absolute atomic E-state index is 12.5. The quantitative estimate of drug-likeness (QED) is 0.761. The van der Waals surface area contributed by atoms with Crippen molar-refractivity contribution in [3.8, 4) is 0 Å². The SMILES string of the molecule is O=c1[nH]c(C2=NC(C(F)(F)F)NC(C(F)(F)F)=C2)no1. The molecule has 0 aromatic carbocycles. The fourth-order valence-electron chi connectivity index (χ4n) is 1.32. The van der Waals surface area contributed by atoms with E-state index in [4.69, 9.17) is 0 Å². The van der Waals surface area contributed by atoms with Crippen molar-refractivity contribution in [3.05, 3.63) is 28.1 Å². The van der Waals surface area contributed by atoms with Crippen LogP contribution in [0, 0.1) is 0 Å². The first-order valence-electron chi connectivity index (χ1n) is 4.83. The van der Waals surface area contributed by atoms with Crippen molar-refractivity contribution in [1.29, 1.82) is 0 Å². The molecule has 0 amide bonds. The highest BCUT2D eigenvalue weighted by atomic mass is 19.4. The number of aliphatic imine (C=N–C) groups is 1. The van der Waals surface area contributed by atoms with Crippen molar-refractivity contribution in [2.75, 3.05) is 0 Å². The van der Waals surface area contributed by atoms with Gasteiger partial charge in [0, 0.05) is 0 Å². The smallest absolute Gasteiger partial charge is 0.352 e. The highest BCUT2D eigenvalue weighted by molar-refractivity contribution is 6.07. The molecule has 0 saturated heterocycles. The van der Waals surface area contributed by atoms with Crippen molar-refractivity contribution < 1.29 is 30.9 Å². The van der Waals surface area contributed by atoms with Crippen molar-refractivity contribution in [2.45, 2.75) is 18.5 Å². The molecule has 0 saturated carbocycles. The van der Waals surface area contributed by atoms with E-state index in [2.05, 4.69) is 14.7 Å². The molecule has 1 aromatic rings. The van der Waals surface area contributed by atoms with Crippen LogP contribution in [-0.2, 0) is 0 Å². The van der Waals surface area contributed by atoms with Crippen LogP contribution in [0.3, 0.4) is 0 Å². The Kier molecular flexibility index (Phi) is 3.10. The van der Waals surface area contributed by atoms with E-state index >= 15 is 0 Å². The van der Waals surface area contributed by atoms with Gasteiger partial charge in [-0.05, 0) is 6.08 Å². The molecule has 0 bridgehead atoms. The van der Waals surface area contributed by atoms with Crippen LogP contribution in [0.1, 0.15) is 5.82 Å². The van der Waals surface area contributed by atoms with Gasteiger partial charge in [-0.15, -0.1) is 0 Å². The lowest BCUT2D eigenvalue weighted by Gasteiger charge is -2.25. The van der Waals surface area contributed by atoms with Gasteiger partial charge in [0.1, 0.15) is 11.4 Å². The van der Waals surface area contributed by atoms with Crippen LogP contribution in [0.5, 0.6) is 0 Å². The second-order valence-corrected chi connectivity index (χ2v) is 3.60. The lowest BCUT2D eigenvalue weighted by molar-refractivity contribution is -0.159. The average Bonchev–Trinajstić information content (AvgIpc) is 2.73. The number of hydrogen-bond acceptors (Lipinski definition) is 5. The maximum atomic E-state index is 12.5. The van der Waals surface area contributed by atoms with Crippen LogP contribution in [-0.4, -0.2) is 34.4 Å². The largest absolute Gasteiger partial charge is 0.439 e. The Bertz CT molecular complexity index is 622. The molecule has 0 fully saturated rings. The molecule has 1 atom stereocenters. The molecule has 1 aromatic heterocycles. The number of nitrogens with zero attached hydrogens (tertiary/aromatic N) is 2. The summed E-state index contributed by atoms with van der Waals surface area (Å²) in [6, 6.07) is 0. The molecule has 2 N–H and O–H groups in total. The topological polar surface area (TPSA) is 83.3 Å². The summed E-state index contributed by atoms with van der Waals surface area (Å²) in [4.78, 5) is 15.5. The van der Waals surface area contributed by atoms with Gasteiger partial charge in [-0.1, -0.05) is 5.16 Å². The number of hydrogen-bond donors (Lipinski definition) is 2. The number of nitrogens with one attached hydrogen (secondary N) is 2. The highest BCUT2D eigenvalue weighted by Gasteiger charge is 2.46. The number of aromatic nitrogens is 2. The van der Waals surface area contributed by atoms with Crippen molar-refractivity contribution in [1.82, 2.24) is 15.5 Å². The second-order valence-electron chi connectivity index (χ2n) is 3.60. The summed E-state index contributed by atoms with van der Waals surface area (Å²) in [6.45, 7) is 0. The number of H-pyrrole nitrogens is 1. The summed E-state index contributed by atoms with van der Waals surface area (Å²) in [6.07, 6.45) is -12.6. The normalized spacial score (nSPS) is 20.2. The van der Waals surface area contributed by atoms with Gasteiger partial charge in [0.15, 0.2) is 0 Å². The van der Waals surface area contributed by atoms with E-state index in [0.717, 1.165) is 0 Å². The summed E-state index contributed by atoms with van der Waals surface area (Å²) in [7, 11) is 0. The number of halogens is 6. The van der Waals surface area contributed by atoms with Gasteiger partial charge in [0.2, 0.25) is 12.0 Å². The Morgan fingerprint density at radius 3 is 2.30 bits per heavy atom. The molecule has 110 valence electrons. The Morgan fingerprint density at radius 2 is 1.85 bits per heavy atom. The molecule has 2 rings (SSSR count). The van der Waals surface area contributed by atoms with Gasteiger partial charge in [-0.25, -0.2) is 9.79 Å². The third-order valence-corrected chi connectivity index (χ3v) is 2.14. The summed E-state index contributed by atoms with van der Waals surface area (Å²) in [5.74, 6) is -1.76. The monoisotopic (exact) mass is 302 g/mol. The fraction of sp³-hybridized carbons (Fsp3) is 0.375. The third kappa shape index (κ3) is 2.83. The number of alkyl halides is 6. The lowest BCUT2D eigenvalue weighted by atomic mass is 10.2. The van der Waals surface area contributed by atoms with Gasteiger partial charge in [-0.3, -0.25) is 9.51 Å². The predicted octanol–water partition coefficient (Wildman–Crippen LogP) is 1.09. The first-order valence-corrected chi connectivity index (χ1v) is 4.83.